The summed E-state index contributed by atoms with van der Waals surface area (Å²) in [5, 5.41) is 2.92. The highest BCUT2D eigenvalue weighted by Gasteiger charge is 2.21. The number of halogens is 2. The number of hydrogen-bond donors (Lipinski definition) is 2. The van der Waals surface area contributed by atoms with Crippen LogP contribution >= 0.6 is 22.6 Å². The summed E-state index contributed by atoms with van der Waals surface area (Å²) in [4.78, 5) is 13.1. The van der Waals surface area contributed by atoms with Gasteiger partial charge in [0.05, 0.1) is 14.9 Å². The molecule has 1 aromatic carbocycles. The Balaban J connectivity index is 2.05. The number of benzene rings is 1. The lowest BCUT2D eigenvalue weighted by atomic mass is 10.0. The number of nitrogens with one attached hydrogen (secondary N) is 1. The van der Waals surface area contributed by atoms with Gasteiger partial charge in [0, 0.05) is 32.1 Å². The van der Waals surface area contributed by atoms with Gasteiger partial charge in [-0.2, -0.15) is 0 Å². The van der Waals surface area contributed by atoms with E-state index in [2.05, 4.69) is 10.2 Å². The summed E-state index contributed by atoms with van der Waals surface area (Å²) in [7, 11) is 0. The van der Waals surface area contributed by atoms with Crippen LogP contribution < -0.4 is 16.0 Å². The normalized spacial score (nSPS) is 16.5. The minimum absolute atomic E-state index is 0.00160. The molecule has 1 saturated heterocycles. The number of piperidine rings is 1. The van der Waals surface area contributed by atoms with Crippen LogP contribution in [-0.4, -0.2) is 25.0 Å². The van der Waals surface area contributed by atoms with Crippen molar-refractivity contribution in [1.82, 2.24) is 5.32 Å². The van der Waals surface area contributed by atoms with E-state index in [-0.39, 0.29) is 17.8 Å². The highest BCUT2D eigenvalue weighted by molar-refractivity contribution is 14.1. The van der Waals surface area contributed by atoms with E-state index in [9.17, 15) is 9.18 Å². The molecule has 0 spiro atoms. The van der Waals surface area contributed by atoms with Gasteiger partial charge in [-0.25, -0.2) is 4.39 Å². The van der Waals surface area contributed by atoms with E-state index in [1.807, 2.05) is 22.6 Å². The van der Waals surface area contributed by atoms with Gasteiger partial charge in [-0.3, -0.25) is 4.79 Å². The molecule has 6 heteroatoms. The molecule has 1 aromatic rings. The molecule has 104 valence electrons. The van der Waals surface area contributed by atoms with Gasteiger partial charge < -0.3 is 16.0 Å². The van der Waals surface area contributed by atoms with Crippen molar-refractivity contribution >= 4 is 39.9 Å². The maximum atomic E-state index is 13.6. The van der Waals surface area contributed by atoms with E-state index in [1.54, 1.807) is 6.07 Å². The van der Waals surface area contributed by atoms with Crippen molar-refractivity contribution in [2.75, 3.05) is 23.7 Å². The van der Waals surface area contributed by atoms with E-state index >= 15 is 0 Å². The van der Waals surface area contributed by atoms with Crippen LogP contribution in [0.15, 0.2) is 12.1 Å². The number of nitrogens with two attached hydrogens (primary N) is 1. The van der Waals surface area contributed by atoms with Crippen LogP contribution in [0.3, 0.4) is 0 Å². The van der Waals surface area contributed by atoms with E-state index in [4.69, 9.17) is 5.73 Å². The minimum Gasteiger partial charge on any atom is -0.397 e. The predicted octanol–water partition coefficient (Wildman–Crippen LogP) is 2.12. The van der Waals surface area contributed by atoms with Crippen molar-refractivity contribution in [3.05, 3.63) is 21.5 Å². The van der Waals surface area contributed by atoms with Gasteiger partial charge >= 0.3 is 0 Å². The quantitative estimate of drug-likeness (QED) is 0.613. The first-order valence-electron chi connectivity index (χ1n) is 6.24. The first-order chi connectivity index (χ1) is 8.97. The molecule has 1 heterocycles. The summed E-state index contributed by atoms with van der Waals surface area (Å²) in [6.07, 6.45) is 1.71. The van der Waals surface area contributed by atoms with Crippen LogP contribution in [0, 0.1) is 9.39 Å². The molecule has 0 bridgehead atoms. The molecule has 2 rings (SSSR count). The van der Waals surface area contributed by atoms with E-state index in [0.717, 1.165) is 31.6 Å². The largest absolute Gasteiger partial charge is 0.397 e. The Labute approximate surface area is 125 Å². The summed E-state index contributed by atoms with van der Waals surface area (Å²) in [5.41, 5.74) is 7.30. The van der Waals surface area contributed by atoms with Gasteiger partial charge in [-0.1, -0.05) is 0 Å². The number of nitrogens with zero attached hydrogens (tertiary/aromatic N) is 1. The van der Waals surface area contributed by atoms with E-state index in [0.29, 0.717) is 9.26 Å². The average Bonchev–Trinajstić information content (AvgIpc) is 2.34. The lowest BCUT2D eigenvalue weighted by Gasteiger charge is -2.34. The Hall–Kier alpha value is -1.05. The smallest absolute Gasteiger partial charge is 0.217 e. The highest BCUT2D eigenvalue weighted by atomic mass is 127. The fraction of sp³-hybridized carbons (Fsp3) is 0.462. The summed E-state index contributed by atoms with van der Waals surface area (Å²) in [6, 6.07) is 3.37. The monoisotopic (exact) mass is 377 g/mol. The fourth-order valence-electron chi connectivity index (χ4n) is 2.38. The van der Waals surface area contributed by atoms with Gasteiger partial charge in [0.15, 0.2) is 0 Å². The first kappa shape index (κ1) is 14.4. The standard InChI is InChI=1S/C13H17FIN3O/c1-8(19)17-9-2-4-18(5-3-9)13-6-10(14)11(15)7-12(13)16/h6-7,9H,2-5,16H2,1H3,(H,17,19). The summed E-state index contributed by atoms with van der Waals surface area (Å²) < 4.78 is 14.2. The van der Waals surface area contributed by atoms with Crippen LogP contribution in [0.5, 0.6) is 0 Å². The topological polar surface area (TPSA) is 58.4 Å². The van der Waals surface area contributed by atoms with Crippen molar-refractivity contribution in [2.45, 2.75) is 25.8 Å². The third-order valence-electron chi connectivity index (χ3n) is 3.31. The molecule has 3 N–H and O–H groups in total. The van der Waals surface area contributed by atoms with Crippen LogP contribution in [0.1, 0.15) is 19.8 Å². The Bertz CT molecular complexity index is 487. The number of anilines is 2. The van der Waals surface area contributed by atoms with Crippen LogP contribution in [-0.2, 0) is 4.79 Å². The molecule has 0 saturated carbocycles. The van der Waals surface area contributed by atoms with Crippen LogP contribution in [0.2, 0.25) is 0 Å². The van der Waals surface area contributed by atoms with E-state index < -0.39 is 0 Å². The maximum Gasteiger partial charge on any atom is 0.217 e. The van der Waals surface area contributed by atoms with Gasteiger partial charge in [-0.15, -0.1) is 0 Å². The fourth-order valence-corrected chi connectivity index (χ4v) is 2.87. The predicted molar refractivity (Wildman–Crippen MR) is 82.6 cm³/mol. The lowest BCUT2D eigenvalue weighted by Crippen LogP contribution is -2.44. The zero-order valence-corrected chi connectivity index (χ0v) is 12.9. The molecule has 0 aromatic heterocycles. The highest BCUT2D eigenvalue weighted by Crippen LogP contribution is 2.29. The van der Waals surface area contributed by atoms with E-state index in [1.165, 1.54) is 13.0 Å². The van der Waals surface area contributed by atoms with Crippen molar-refractivity contribution in [1.29, 1.82) is 0 Å². The molecule has 1 aliphatic rings. The van der Waals surface area contributed by atoms with Crippen LogP contribution in [0.4, 0.5) is 15.8 Å². The number of carbonyl (C=O) groups excluding carboxylic acids is 1. The Morgan fingerprint density at radius 3 is 2.68 bits per heavy atom. The summed E-state index contributed by atoms with van der Waals surface area (Å²) >= 11 is 1.93. The average molecular weight is 377 g/mol. The number of carbonyl (C=O) groups is 1. The Morgan fingerprint density at radius 1 is 1.47 bits per heavy atom. The molecule has 0 aliphatic carbocycles. The lowest BCUT2D eigenvalue weighted by molar-refractivity contribution is -0.119. The van der Waals surface area contributed by atoms with Crippen molar-refractivity contribution in [2.24, 2.45) is 0 Å². The molecule has 0 radical (unpaired) electrons. The third kappa shape index (κ3) is 3.49. The molecular formula is C13H17FIN3O. The third-order valence-corrected chi connectivity index (χ3v) is 4.14. The Kier molecular flexibility index (Phi) is 4.49. The second-order valence-corrected chi connectivity index (χ2v) is 5.95. The first-order valence-corrected chi connectivity index (χ1v) is 7.32. The molecule has 4 nitrogen and oxygen atoms in total. The van der Waals surface area contributed by atoms with Crippen LogP contribution in [0.25, 0.3) is 0 Å². The molecule has 0 atom stereocenters. The number of hydrogen-bond acceptors (Lipinski definition) is 3. The van der Waals surface area contributed by atoms with Crippen molar-refractivity contribution in [3.63, 3.8) is 0 Å². The SMILES string of the molecule is CC(=O)NC1CCN(c2cc(F)c(I)cc2N)CC1. The minimum atomic E-state index is -0.242. The maximum absolute atomic E-state index is 13.6. The van der Waals surface area contributed by atoms with Gasteiger partial charge in [0.2, 0.25) is 5.91 Å². The number of amides is 1. The summed E-state index contributed by atoms with van der Waals surface area (Å²) in [5.74, 6) is -0.243. The van der Waals surface area contributed by atoms with Gasteiger partial charge in [0.1, 0.15) is 5.82 Å². The zero-order chi connectivity index (χ0) is 14.0. The molecule has 1 fully saturated rings. The van der Waals surface area contributed by atoms with Crippen molar-refractivity contribution in [3.8, 4) is 0 Å². The Morgan fingerprint density at radius 2 is 2.11 bits per heavy atom. The molecule has 0 unspecified atom stereocenters. The molecule has 19 heavy (non-hydrogen) atoms. The second-order valence-electron chi connectivity index (χ2n) is 4.79. The van der Waals surface area contributed by atoms with Gasteiger partial charge in [-0.05, 0) is 41.5 Å². The van der Waals surface area contributed by atoms with Crippen molar-refractivity contribution < 1.29 is 9.18 Å². The number of rotatable bonds is 2. The molecule has 1 aliphatic heterocycles. The van der Waals surface area contributed by atoms with Gasteiger partial charge in [0.25, 0.3) is 0 Å². The number of nitrogen functional groups attached to an aromatic ring is 1. The second kappa shape index (κ2) is 5.94. The summed E-state index contributed by atoms with van der Waals surface area (Å²) in [6.45, 7) is 3.07. The zero-order valence-electron chi connectivity index (χ0n) is 10.7. The molecule has 1 amide bonds. The molecular weight excluding hydrogens is 360 g/mol.